The molecule has 0 aliphatic rings. The zero-order valence-electron chi connectivity index (χ0n) is 12.4. The molecule has 5 heteroatoms. The number of rotatable bonds is 6. The molecule has 0 saturated carbocycles. The smallest absolute Gasteiger partial charge is 0.220 e. The predicted molar refractivity (Wildman–Crippen MR) is 80.9 cm³/mol. The lowest BCUT2D eigenvalue weighted by atomic mass is 10.1. The number of aryl methyl sites for hydroxylation is 2. The minimum absolute atomic E-state index is 0.00368. The molecule has 3 N–H and O–H groups in total. The number of hydrogen-bond acceptors (Lipinski definition) is 3. The van der Waals surface area contributed by atoms with Crippen LogP contribution in [0.5, 0.6) is 5.75 Å². The van der Waals surface area contributed by atoms with Crippen molar-refractivity contribution in [1.82, 2.24) is 15.3 Å². The van der Waals surface area contributed by atoms with Crippen molar-refractivity contribution >= 4 is 5.91 Å². The van der Waals surface area contributed by atoms with Gasteiger partial charge in [0.25, 0.3) is 0 Å². The average molecular weight is 287 g/mol. The lowest BCUT2D eigenvalue weighted by Crippen LogP contribution is -2.29. The third-order valence-electron chi connectivity index (χ3n) is 3.37. The minimum Gasteiger partial charge on any atom is -0.508 e. The Morgan fingerprint density at radius 2 is 2.10 bits per heavy atom. The van der Waals surface area contributed by atoms with E-state index in [1.165, 1.54) is 0 Å². The average Bonchev–Trinajstić information content (AvgIpc) is 2.90. The molecular weight excluding hydrogens is 266 g/mol. The molecule has 0 aliphatic heterocycles. The van der Waals surface area contributed by atoms with E-state index in [0.717, 1.165) is 23.5 Å². The van der Waals surface area contributed by atoms with E-state index < -0.39 is 0 Å². The monoisotopic (exact) mass is 287 g/mol. The highest BCUT2D eigenvalue weighted by Gasteiger charge is 2.15. The zero-order chi connectivity index (χ0) is 15.2. The molecule has 1 atom stereocenters. The first-order valence-electron chi connectivity index (χ1n) is 7.17. The molecule has 0 radical (unpaired) electrons. The van der Waals surface area contributed by atoms with Crippen LogP contribution in [0.3, 0.4) is 0 Å². The summed E-state index contributed by atoms with van der Waals surface area (Å²) >= 11 is 0. The number of carbonyl (C=O) groups is 1. The van der Waals surface area contributed by atoms with Crippen molar-refractivity contribution in [2.75, 3.05) is 0 Å². The maximum atomic E-state index is 12.0. The van der Waals surface area contributed by atoms with Gasteiger partial charge in [-0.25, -0.2) is 4.98 Å². The molecule has 0 unspecified atom stereocenters. The molecule has 1 aromatic carbocycles. The second kappa shape index (κ2) is 6.92. The van der Waals surface area contributed by atoms with Gasteiger partial charge < -0.3 is 15.4 Å². The van der Waals surface area contributed by atoms with Crippen LogP contribution in [0, 0.1) is 6.92 Å². The van der Waals surface area contributed by atoms with Gasteiger partial charge >= 0.3 is 0 Å². The van der Waals surface area contributed by atoms with Crippen molar-refractivity contribution in [3.05, 3.63) is 47.5 Å². The van der Waals surface area contributed by atoms with Gasteiger partial charge in [0.15, 0.2) is 0 Å². The number of nitrogens with one attached hydrogen (secondary N) is 2. The quantitative estimate of drug-likeness (QED) is 0.764. The molecule has 0 bridgehead atoms. The summed E-state index contributed by atoms with van der Waals surface area (Å²) in [5.74, 6) is 1.04. The van der Waals surface area contributed by atoms with Crippen LogP contribution in [0.4, 0.5) is 0 Å². The lowest BCUT2D eigenvalue weighted by Gasteiger charge is -2.14. The van der Waals surface area contributed by atoms with E-state index in [0.29, 0.717) is 12.8 Å². The predicted octanol–water partition coefficient (Wildman–Crippen LogP) is 2.62. The van der Waals surface area contributed by atoms with Crippen LogP contribution >= 0.6 is 0 Å². The van der Waals surface area contributed by atoms with Crippen molar-refractivity contribution in [3.8, 4) is 5.75 Å². The van der Waals surface area contributed by atoms with Crippen LogP contribution in [0.15, 0.2) is 30.5 Å². The number of carbonyl (C=O) groups excluding carboxylic acids is 1. The number of aromatic hydroxyl groups is 1. The van der Waals surface area contributed by atoms with Gasteiger partial charge in [-0.05, 0) is 37.5 Å². The summed E-state index contributed by atoms with van der Waals surface area (Å²) in [5, 5.41) is 12.2. The Balaban J connectivity index is 1.87. The lowest BCUT2D eigenvalue weighted by molar-refractivity contribution is -0.121. The van der Waals surface area contributed by atoms with E-state index in [1.54, 1.807) is 18.3 Å². The molecule has 112 valence electrons. The Kier molecular flexibility index (Phi) is 4.98. The summed E-state index contributed by atoms with van der Waals surface area (Å²) in [5.41, 5.74) is 2.02. The fourth-order valence-corrected chi connectivity index (χ4v) is 2.16. The van der Waals surface area contributed by atoms with Crippen LogP contribution in [0.2, 0.25) is 0 Å². The molecule has 2 aromatic rings. The summed E-state index contributed by atoms with van der Waals surface area (Å²) in [6, 6.07) is 6.85. The number of benzene rings is 1. The molecule has 0 saturated heterocycles. The number of aromatic nitrogens is 2. The Hall–Kier alpha value is -2.30. The molecule has 0 fully saturated rings. The molecule has 5 nitrogen and oxygen atoms in total. The van der Waals surface area contributed by atoms with Gasteiger partial charge in [0, 0.05) is 18.3 Å². The molecule has 1 heterocycles. The number of phenolic OH excluding ortho intramolecular Hbond substituents is 1. The van der Waals surface area contributed by atoms with Crippen molar-refractivity contribution in [1.29, 1.82) is 0 Å². The summed E-state index contributed by atoms with van der Waals surface area (Å²) in [6.45, 7) is 3.96. The van der Waals surface area contributed by atoms with Crippen LogP contribution < -0.4 is 5.32 Å². The largest absolute Gasteiger partial charge is 0.508 e. The number of H-pyrrole nitrogens is 1. The Morgan fingerprint density at radius 3 is 2.67 bits per heavy atom. The van der Waals surface area contributed by atoms with E-state index in [2.05, 4.69) is 15.3 Å². The Bertz CT molecular complexity index is 590. The fraction of sp³-hybridized carbons (Fsp3) is 0.375. The highest BCUT2D eigenvalue weighted by atomic mass is 16.3. The second-order valence-corrected chi connectivity index (χ2v) is 5.15. The summed E-state index contributed by atoms with van der Waals surface area (Å²) in [7, 11) is 0. The topological polar surface area (TPSA) is 78.0 Å². The van der Waals surface area contributed by atoms with Gasteiger partial charge in [0.1, 0.15) is 11.6 Å². The summed E-state index contributed by atoms with van der Waals surface area (Å²) in [6.07, 6.45) is 3.62. The molecule has 1 amide bonds. The highest BCUT2D eigenvalue weighted by molar-refractivity contribution is 5.76. The zero-order valence-corrected chi connectivity index (χ0v) is 12.4. The maximum Gasteiger partial charge on any atom is 0.220 e. The third kappa shape index (κ3) is 4.34. The van der Waals surface area contributed by atoms with E-state index >= 15 is 0 Å². The van der Waals surface area contributed by atoms with Crippen LogP contribution in [0.25, 0.3) is 0 Å². The SMILES string of the molecule is CC[C@H](NC(=O)CCc1ccc(O)cc1)c1ncc(C)[nH]1. The number of aromatic amines is 1. The normalized spacial score (nSPS) is 12.1. The molecule has 21 heavy (non-hydrogen) atoms. The molecule has 0 spiro atoms. The van der Waals surface area contributed by atoms with Crippen molar-refractivity contribution in [2.45, 2.75) is 39.2 Å². The van der Waals surface area contributed by atoms with Crippen LogP contribution in [0.1, 0.15) is 42.9 Å². The van der Waals surface area contributed by atoms with Gasteiger partial charge in [0.05, 0.1) is 6.04 Å². The second-order valence-electron chi connectivity index (χ2n) is 5.15. The van der Waals surface area contributed by atoms with Crippen molar-refractivity contribution < 1.29 is 9.90 Å². The molecule has 0 aliphatic carbocycles. The number of imidazole rings is 1. The van der Waals surface area contributed by atoms with E-state index in [4.69, 9.17) is 0 Å². The molecule has 1 aromatic heterocycles. The fourth-order valence-electron chi connectivity index (χ4n) is 2.16. The van der Waals surface area contributed by atoms with Gasteiger partial charge in [-0.15, -0.1) is 0 Å². The maximum absolute atomic E-state index is 12.0. The van der Waals surface area contributed by atoms with Gasteiger partial charge in [-0.2, -0.15) is 0 Å². The van der Waals surface area contributed by atoms with Crippen LogP contribution in [-0.4, -0.2) is 21.0 Å². The first-order valence-corrected chi connectivity index (χ1v) is 7.17. The first kappa shape index (κ1) is 15.1. The van der Waals surface area contributed by atoms with Crippen LogP contribution in [-0.2, 0) is 11.2 Å². The van der Waals surface area contributed by atoms with E-state index in [1.807, 2.05) is 26.0 Å². The van der Waals surface area contributed by atoms with Gasteiger partial charge in [-0.1, -0.05) is 19.1 Å². The van der Waals surface area contributed by atoms with E-state index in [-0.39, 0.29) is 17.7 Å². The van der Waals surface area contributed by atoms with Crippen molar-refractivity contribution in [2.24, 2.45) is 0 Å². The Morgan fingerprint density at radius 1 is 1.38 bits per heavy atom. The standard InChI is InChI=1S/C16H21N3O2/c1-3-14(16-17-10-11(2)18-16)19-15(21)9-6-12-4-7-13(20)8-5-12/h4-5,7-8,10,14,20H,3,6,9H2,1-2H3,(H,17,18)(H,19,21)/t14-/m0/s1. The highest BCUT2D eigenvalue weighted by Crippen LogP contribution is 2.14. The summed E-state index contributed by atoms with van der Waals surface area (Å²) < 4.78 is 0. The van der Waals surface area contributed by atoms with Gasteiger partial charge in [-0.3, -0.25) is 4.79 Å². The first-order chi connectivity index (χ1) is 10.1. The Labute approximate surface area is 124 Å². The minimum atomic E-state index is -0.0778. The number of phenols is 1. The summed E-state index contributed by atoms with van der Waals surface area (Å²) in [4.78, 5) is 19.5. The third-order valence-corrected chi connectivity index (χ3v) is 3.37. The number of hydrogen-bond donors (Lipinski definition) is 3. The number of nitrogens with zero attached hydrogens (tertiary/aromatic N) is 1. The number of amides is 1. The van der Waals surface area contributed by atoms with Gasteiger partial charge in [0.2, 0.25) is 5.91 Å². The molecular formula is C16H21N3O2. The molecule has 2 rings (SSSR count). The van der Waals surface area contributed by atoms with Crippen molar-refractivity contribution in [3.63, 3.8) is 0 Å². The van der Waals surface area contributed by atoms with E-state index in [9.17, 15) is 9.90 Å².